The van der Waals surface area contributed by atoms with Gasteiger partial charge in [0, 0.05) is 5.92 Å². The van der Waals surface area contributed by atoms with Crippen LogP contribution in [0.5, 0.6) is 0 Å². The van der Waals surface area contributed by atoms with Gasteiger partial charge in [0.1, 0.15) is 0 Å². The predicted octanol–water partition coefficient (Wildman–Crippen LogP) is 0.0452. The summed E-state index contributed by atoms with van der Waals surface area (Å²) in [4.78, 5) is 0. The van der Waals surface area contributed by atoms with Gasteiger partial charge in [0.05, 0.1) is 41.5 Å². The molecule has 1 spiro atoms. The average molecular weight is 286 g/mol. The second-order valence-corrected chi connectivity index (χ2v) is 7.53. The first-order valence-electron chi connectivity index (χ1n) is 7.58. The largest absolute Gasteiger partial charge is 0.395 e. The molecule has 3 rings (SSSR count). The van der Waals surface area contributed by atoms with Crippen LogP contribution in [0.1, 0.15) is 40.0 Å². The van der Waals surface area contributed by atoms with Gasteiger partial charge >= 0.3 is 0 Å². The van der Waals surface area contributed by atoms with Gasteiger partial charge in [-0.3, -0.25) is 0 Å². The molecular weight excluding hydrogens is 260 g/mol. The fraction of sp³-hybridized carbons (Fsp3) is 1.00. The number of aliphatic hydroxyl groups is 4. The molecule has 2 aliphatic carbocycles. The van der Waals surface area contributed by atoms with Crippen LogP contribution in [0.2, 0.25) is 0 Å². The maximum absolute atomic E-state index is 10.7. The molecule has 2 bridgehead atoms. The van der Waals surface area contributed by atoms with Crippen molar-refractivity contribution in [2.24, 2.45) is 17.3 Å². The van der Waals surface area contributed by atoms with Crippen molar-refractivity contribution in [1.82, 2.24) is 0 Å². The van der Waals surface area contributed by atoms with Crippen molar-refractivity contribution in [2.75, 3.05) is 6.61 Å². The Balaban J connectivity index is 2.19. The lowest BCUT2D eigenvalue weighted by Crippen LogP contribution is -2.72. The van der Waals surface area contributed by atoms with Gasteiger partial charge < -0.3 is 25.2 Å². The summed E-state index contributed by atoms with van der Waals surface area (Å²) in [5.41, 5.74) is -2.51. The fourth-order valence-corrected chi connectivity index (χ4v) is 5.22. The molecular formula is C15H26O5. The molecule has 116 valence electrons. The molecule has 20 heavy (non-hydrogen) atoms. The van der Waals surface area contributed by atoms with Crippen molar-refractivity contribution in [3.63, 3.8) is 0 Å². The highest BCUT2D eigenvalue weighted by molar-refractivity contribution is 5.23. The van der Waals surface area contributed by atoms with E-state index in [4.69, 9.17) is 4.74 Å². The Morgan fingerprint density at radius 1 is 1.15 bits per heavy atom. The summed E-state index contributed by atoms with van der Waals surface area (Å²) in [5, 5.41) is 41.7. The normalized spacial score (nSPS) is 57.5. The summed E-state index contributed by atoms with van der Waals surface area (Å²) < 4.78 is 6.34. The molecule has 0 amide bonds. The van der Waals surface area contributed by atoms with Gasteiger partial charge in [-0.25, -0.2) is 0 Å². The predicted molar refractivity (Wildman–Crippen MR) is 71.9 cm³/mol. The van der Waals surface area contributed by atoms with Gasteiger partial charge in [-0.05, 0) is 39.0 Å². The molecule has 0 radical (unpaired) electrons. The van der Waals surface area contributed by atoms with E-state index in [2.05, 4.69) is 6.92 Å². The standard InChI is InChI=1S/C15H26O5/c1-8-4-5-10(17)14(7-16)12(19)11(18)9-6-15(8,14)20-13(9,2)3/h8-12,16-19H,4-7H2,1-3H3. The van der Waals surface area contributed by atoms with E-state index in [0.29, 0.717) is 12.8 Å². The lowest BCUT2D eigenvalue weighted by atomic mass is 9.49. The fourth-order valence-electron chi connectivity index (χ4n) is 5.22. The van der Waals surface area contributed by atoms with Crippen LogP contribution in [0.3, 0.4) is 0 Å². The molecule has 0 aromatic rings. The van der Waals surface area contributed by atoms with Gasteiger partial charge in [-0.15, -0.1) is 0 Å². The Hall–Kier alpha value is -0.200. The second-order valence-electron chi connectivity index (χ2n) is 7.53. The molecule has 7 unspecified atom stereocenters. The zero-order valence-electron chi connectivity index (χ0n) is 12.4. The molecule has 3 fully saturated rings. The molecule has 1 aliphatic heterocycles. The summed E-state index contributed by atoms with van der Waals surface area (Å²) in [5.74, 6) is -0.0469. The smallest absolute Gasteiger partial charge is 0.0933 e. The van der Waals surface area contributed by atoms with Gasteiger partial charge in [0.25, 0.3) is 0 Å². The van der Waals surface area contributed by atoms with Crippen molar-refractivity contribution >= 4 is 0 Å². The molecule has 7 atom stereocenters. The minimum atomic E-state index is -1.19. The van der Waals surface area contributed by atoms with E-state index in [9.17, 15) is 20.4 Å². The number of hydrogen-bond donors (Lipinski definition) is 4. The maximum atomic E-state index is 10.7. The van der Waals surface area contributed by atoms with E-state index >= 15 is 0 Å². The quantitative estimate of drug-likeness (QED) is 0.547. The van der Waals surface area contributed by atoms with E-state index in [1.807, 2.05) is 13.8 Å². The zero-order valence-corrected chi connectivity index (χ0v) is 12.4. The van der Waals surface area contributed by atoms with Crippen molar-refractivity contribution < 1.29 is 25.2 Å². The Bertz CT molecular complexity index is 411. The van der Waals surface area contributed by atoms with Gasteiger partial charge in [-0.1, -0.05) is 6.92 Å². The summed E-state index contributed by atoms with van der Waals surface area (Å²) >= 11 is 0. The Morgan fingerprint density at radius 3 is 2.40 bits per heavy atom. The van der Waals surface area contributed by atoms with Gasteiger partial charge in [-0.2, -0.15) is 0 Å². The summed E-state index contributed by atoms with van der Waals surface area (Å²) in [6, 6.07) is 0. The van der Waals surface area contributed by atoms with Crippen LogP contribution in [-0.2, 0) is 4.74 Å². The number of aliphatic hydroxyl groups excluding tert-OH is 4. The second kappa shape index (κ2) is 4.17. The highest BCUT2D eigenvalue weighted by atomic mass is 16.5. The van der Waals surface area contributed by atoms with Crippen LogP contribution in [0.15, 0.2) is 0 Å². The summed E-state index contributed by atoms with van der Waals surface area (Å²) in [6.07, 6.45) is -1.10. The zero-order chi connectivity index (χ0) is 14.9. The molecule has 5 nitrogen and oxygen atoms in total. The van der Waals surface area contributed by atoms with E-state index < -0.39 is 34.9 Å². The SMILES string of the molecule is CC1CCC(O)C2(CO)C(O)C(O)C3CC12OC3(C)C. The average Bonchev–Trinajstić information content (AvgIpc) is 2.64. The first-order valence-corrected chi connectivity index (χ1v) is 7.58. The number of ether oxygens (including phenoxy) is 1. The van der Waals surface area contributed by atoms with Crippen LogP contribution >= 0.6 is 0 Å². The third-order valence-corrected chi connectivity index (χ3v) is 6.44. The highest BCUT2D eigenvalue weighted by Crippen LogP contribution is 2.65. The molecule has 5 heteroatoms. The Kier molecular flexibility index (Phi) is 3.07. The minimum absolute atomic E-state index is 0.129. The molecule has 3 aliphatic rings. The number of fused-ring (bicyclic) bond motifs is 1. The first kappa shape index (κ1) is 14.7. The van der Waals surface area contributed by atoms with E-state index in [1.54, 1.807) is 0 Å². The summed E-state index contributed by atoms with van der Waals surface area (Å²) in [6.45, 7) is 5.52. The maximum Gasteiger partial charge on any atom is 0.0933 e. The van der Waals surface area contributed by atoms with E-state index in [-0.39, 0.29) is 18.4 Å². The van der Waals surface area contributed by atoms with Crippen LogP contribution in [-0.4, -0.2) is 56.5 Å². The lowest BCUT2D eigenvalue weighted by molar-refractivity contribution is -0.283. The number of hydrogen-bond acceptors (Lipinski definition) is 5. The third kappa shape index (κ3) is 1.40. The Labute approximate surface area is 119 Å². The summed E-state index contributed by atoms with van der Waals surface area (Å²) in [7, 11) is 0. The lowest BCUT2D eigenvalue weighted by Gasteiger charge is -2.60. The van der Waals surface area contributed by atoms with E-state index in [0.717, 1.165) is 6.42 Å². The van der Waals surface area contributed by atoms with Crippen LogP contribution in [0.25, 0.3) is 0 Å². The van der Waals surface area contributed by atoms with Crippen LogP contribution in [0, 0.1) is 17.3 Å². The number of rotatable bonds is 1. The van der Waals surface area contributed by atoms with Crippen molar-refractivity contribution in [1.29, 1.82) is 0 Å². The van der Waals surface area contributed by atoms with Crippen molar-refractivity contribution in [2.45, 2.75) is 69.5 Å². The highest BCUT2D eigenvalue weighted by Gasteiger charge is 2.75. The molecule has 1 saturated heterocycles. The molecule has 0 aromatic carbocycles. The first-order chi connectivity index (χ1) is 9.23. The van der Waals surface area contributed by atoms with Crippen LogP contribution in [0.4, 0.5) is 0 Å². The van der Waals surface area contributed by atoms with Gasteiger partial charge in [0.2, 0.25) is 0 Å². The molecule has 4 N–H and O–H groups in total. The van der Waals surface area contributed by atoms with Gasteiger partial charge in [0.15, 0.2) is 0 Å². The van der Waals surface area contributed by atoms with E-state index in [1.165, 1.54) is 0 Å². The third-order valence-electron chi connectivity index (χ3n) is 6.44. The van der Waals surface area contributed by atoms with Crippen LogP contribution < -0.4 is 0 Å². The van der Waals surface area contributed by atoms with Crippen molar-refractivity contribution in [3.05, 3.63) is 0 Å². The molecule has 0 aromatic heterocycles. The molecule has 1 heterocycles. The minimum Gasteiger partial charge on any atom is -0.395 e. The Morgan fingerprint density at radius 2 is 1.80 bits per heavy atom. The van der Waals surface area contributed by atoms with Crippen molar-refractivity contribution in [3.8, 4) is 0 Å². The monoisotopic (exact) mass is 286 g/mol. The molecule has 2 saturated carbocycles. The topological polar surface area (TPSA) is 90.2 Å².